The van der Waals surface area contributed by atoms with Gasteiger partial charge in [-0.15, -0.1) is 0 Å². The average Bonchev–Trinajstić information content (AvgIpc) is 3.17. The van der Waals surface area contributed by atoms with Gasteiger partial charge in [-0.3, -0.25) is 4.79 Å². The predicted molar refractivity (Wildman–Crippen MR) is 111 cm³/mol. The highest BCUT2D eigenvalue weighted by molar-refractivity contribution is 5.97. The number of piperidine rings is 1. The normalized spacial score (nSPS) is 16.6. The number of benzene rings is 2. The van der Waals surface area contributed by atoms with Crippen LogP contribution in [-0.4, -0.2) is 35.6 Å². The lowest BCUT2D eigenvalue weighted by molar-refractivity contribution is -0.00954. The Hall–Kier alpha value is -3.28. The number of ether oxygens (including phenoxy) is 2. The monoisotopic (exact) mass is 406 g/mol. The van der Waals surface area contributed by atoms with Gasteiger partial charge in [0.15, 0.2) is 17.2 Å². The second-order valence-electron chi connectivity index (χ2n) is 7.87. The van der Waals surface area contributed by atoms with Crippen molar-refractivity contribution in [2.45, 2.75) is 25.4 Å². The van der Waals surface area contributed by atoms with Gasteiger partial charge < -0.3 is 18.9 Å². The number of para-hydroxylation sites is 3. The van der Waals surface area contributed by atoms with E-state index >= 15 is 0 Å². The standard InChI is InChI=1S/C24H23FN2O3/c1-16-10-11-21-24(30-20-9-4-3-8-19(20)27(16)21)12-14-26(15-13-24)23(28)17-6-5-7-18(25)22(17)29-2/h3-11H,12-15H2,1-2H3. The Morgan fingerprint density at radius 1 is 1.07 bits per heavy atom. The third-order valence-corrected chi connectivity index (χ3v) is 6.21. The second-order valence-corrected chi connectivity index (χ2v) is 7.87. The zero-order valence-electron chi connectivity index (χ0n) is 17.0. The predicted octanol–water partition coefficient (Wildman–Crippen LogP) is 4.46. The quantitative estimate of drug-likeness (QED) is 0.631. The molecule has 2 aliphatic rings. The number of carbonyl (C=O) groups is 1. The molecule has 0 bridgehead atoms. The van der Waals surface area contributed by atoms with Crippen LogP contribution in [0.15, 0.2) is 54.6 Å². The third kappa shape index (κ3) is 2.70. The number of amides is 1. The van der Waals surface area contributed by atoms with Crippen LogP contribution in [-0.2, 0) is 5.60 Å². The van der Waals surface area contributed by atoms with E-state index < -0.39 is 11.4 Å². The van der Waals surface area contributed by atoms with Crippen molar-refractivity contribution >= 4 is 5.91 Å². The third-order valence-electron chi connectivity index (χ3n) is 6.21. The Labute approximate surface area is 174 Å². The van der Waals surface area contributed by atoms with Crippen LogP contribution in [0.4, 0.5) is 4.39 Å². The van der Waals surface area contributed by atoms with E-state index in [1.165, 1.54) is 19.2 Å². The molecule has 0 unspecified atom stereocenters. The van der Waals surface area contributed by atoms with Crippen molar-refractivity contribution in [3.63, 3.8) is 0 Å². The summed E-state index contributed by atoms with van der Waals surface area (Å²) < 4.78 is 28.0. The average molecular weight is 406 g/mol. The molecule has 1 saturated heterocycles. The van der Waals surface area contributed by atoms with Crippen molar-refractivity contribution in [1.29, 1.82) is 0 Å². The maximum Gasteiger partial charge on any atom is 0.257 e. The molecule has 5 rings (SSSR count). The summed E-state index contributed by atoms with van der Waals surface area (Å²) in [5.41, 5.74) is 3.09. The first-order valence-corrected chi connectivity index (χ1v) is 10.1. The maximum atomic E-state index is 14.1. The second kappa shape index (κ2) is 6.90. The first-order valence-electron chi connectivity index (χ1n) is 10.1. The van der Waals surface area contributed by atoms with Gasteiger partial charge in [0.2, 0.25) is 0 Å². The number of hydrogen-bond acceptors (Lipinski definition) is 3. The van der Waals surface area contributed by atoms with E-state index in [0.29, 0.717) is 25.9 Å². The van der Waals surface area contributed by atoms with Crippen LogP contribution >= 0.6 is 0 Å². The van der Waals surface area contributed by atoms with E-state index in [-0.39, 0.29) is 17.2 Å². The first kappa shape index (κ1) is 18.7. The van der Waals surface area contributed by atoms with Crippen molar-refractivity contribution in [3.8, 4) is 17.2 Å². The number of halogens is 1. The summed E-state index contributed by atoms with van der Waals surface area (Å²) in [5, 5.41) is 0. The molecule has 6 heteroatoms. The van der Waals surface area contributed by atoms with Gasteiger partial charge in [0.25, 0.3) is 5.91 Å². The van der Waals surface area contributed by atoms with Crippen LogP contribution in [0.2, 0.25) is 0 Å². The minimum Gasteiger partial charge on any atom is -0.493 e. The molecular formula is C24H23FN2O3. The van der Waals surface area contributed by atoms with Crippen LogP contribution in [0.5, 0.6) is 11.5 Å². The number of methoxy groups -OCH3 is 1. The van der Waals surface area contributed by atoms with Crippen LogP contribution in [0.25, 0.3) is 5.69 Å². The Bertz CT molecular complexity index is 1130. The number of nitrogens with zero attached hydrogens (tertiary/aromatic N) is 2. The smallest absolute Gasteiger partial charge is 0.257 e. The number of carbonyl (C=O) groups excluding carboxylic acids is 1. The zero-order chi connectivity index (χ0) is 20.9. The van der Waals surface area contributed by atoms with Gasteiger partial charge in [-0.1, -0.05) is 18.2 Å². The summed E-state index contributed by atoms with van der Waals surface area (Å²) in [4.78, 5) is 14.8. The van der Waals surface area contributed by atoms with Crippen LogP contribution in [0.3, 0.4) is 0 Å². The highest BCUT2D eigenvalue weighted by Crippen LogP contribution is 2.46. The van der Waals surface area contributed by atoms with Crippen molar-refractivity contribution in [2.75, 3.05) is 20.2 Å². The molecule has 1 spiro atoms. The molecule has 2 aromatic carbocycles. The van der Waals surface area contributed by atoms with E-state index in [2.05, 4.69) is 29.7 Å². The van der Waals surface area contributed by atoms with Crippen LogP contribution < -0.4 is 9.47 Å². The van der Waals surface area contributed by atoms with E-state index in [4.69, 9.17) is 9.47 Å². The lowest BCUT2D eigenvalue weighted by Crippen LogP contribution is -2.50. The largest absolute Gasteiger partial charge is 0.493 e. The molecule has 5 nitrogen and oxygen atoms in total. The van der Waals surface area contributed by atoms with Gasteiger partial charge in [-0.2, -0.15) is 0 Å². The van der Waals surface area contributed by atoms with E-state index in [1.54, 1.807) is 11.0 Å². The molecule has 154 valence electrons. The van der Waals surface area contributed by atoms with Gasteiger partial charge in [-0.05, 0) is 43.3 Å². The summed E-state index contributed by atoms with van der Waals surface area (Å²) in [6.07, 6.45) is 1.32. The maximum absolute atomic E-state index is 14.1. The summed E-state index contributed by atoms with van der Waals surface area (Å²) in [6, 6.07) is 16.7. The number of likely N-dealkylation sites (tertiary alicyclic amines) is 1. The molecule has 2 aliphatic heterocycles. The lowest BCUT2D eigenvalue weighted by Gasteiger charge is -2.45. The zero-order valence-corrected chi connectivity index (χ0v) is 17.0. The van der Waals surface area contributed by atoms with Gasteiger partial charge >= 0.3 is 0 Å². The minimum atomic E-state index is -0.530. The van der Waals surface area contributed by atoms with Gasteiger partial charge in [0.05, 0.1) is 24.1 Å². The van der Waals surface area contributed by atoms with E-state index in [1.807, 2.05) is 18.2 Å². The molecule has 0 saturated carbocycles. The molecule has 0 radical (unpaired) electrons. The molecule has 3 aromatic rings. The lowest BCUT2D eigenvalue weighted by atomic mass is 9.86. The molecule has 1 fully saturated rings. The van der Waals surface area contributed by atoms with E-state index in [0.717, 1.165) is 22.8 Å². The topological polar surface area (TPSA) is 43.7 Å². The van der Waals surface area contributed by atoms with Crippen molar-refractivity contribution in [1.82, 2.24) is 9.47 Å². The number of rotatable bonds is 2. The van der Waals surface area contributed by atoms with Crippen LogP contribution in [0.1, 0.15) is 34.6 Å². The summed E-state index contributed by atoms with van der Waals surface area (Å²) in [7, 11) is 1.38. The number of aryl methyl sites for hydroxylation is 1. The number of fused-ring (bicyclic) bond motifs is 4. The van der Waals surface area contributed by atoms with Crippen molar-refractivity contribution in [3.05, 3.63) is 77.4 Å². The molecule has 0 atom stereocenters. The summed E-state index contributed by atoms with van der Waals surface area (Å²) in [5.74, 6) is 0.104. The summed E-state index contributed by atoms with van der Waals surface area (Å²) >= 11 is 0. The molecule has 1 amide bonds. The summed E-state index contributed by atoms with van der Waals surface area (Å²) in [6.45, 7) is 3.13. The Kier molecular flexibility index (Phi) is 4.31. The number of aromatic nitrogens is 1. The Morgan fingerprint density at radius 2 is 1.83 bits per heavy atom. The fourth-order valence-electron chi connectivity index (χ4n) is 4.69. The molecule has 0 aliphatic carbocycles. The molecule has 30 heavy (non-hydrogen) atoms. The van der Waals surface area contributed by atoms with Crippen molar-refractivity contribution in [2.24, 2.45) is 0 Å². The first-order chi connectivity index (χ1) is 14.5. The van der Waals surface area contributed by atoms with E-state index in [9.17, 15) is 9.18 Å². The Balaban J connectivity index is 1.44. The van der Waals surface area contributed by atoms with Gasteiger partial charge in [0, 0.05) is 31.6 Å². The molecule has 0 N–H and O–H groups in total. The highest BCUT2D eigenvalue weighted by atomic mass is 19.1. The highest BCUT2D eigenvalue weighted by Gasteiger charge is 2.45. The number of hydrogen-bond donors (Lipinski definition) is 0. The fourth-order valence-corrected chi connectivity index (χ4v) is 4.69. The van der Waals surface area contributed by atoms with Crippen molar-refractivity contribution < 1.29 is 18.7 Å². The molecule has 3 heterocycles. The van der Waals surface area contributed by atoms with Gasteiger partial charge in [-0.25, -0.2) is 4.39 Å². The van der Waals surface area contributed by atoms with Crippen LogP contribution in [0, 0.1) is 12.7 Å². The Morgan fingerprint density at radius 3 is 2.60 bits per heavy atom. The van der Waals surface area contributed by atoms with Gasteiger partial charge in [0.1, 0.15) is 5.75 Å². The molecular weight excluding hydrogens is 383 g/mol. The SMILES string of the molecule is COc1c(F)cccc1C(=O)N1CCC2(CC1)Oc1ccccc1-n1c(C)ccc12. The minimum absolute atomic E-state index is 0.00451. The fraction of sp³-hybridized carbons (Fsp3) is 0.292. The molecule has 1 aromatic heterocycles.